The second kappa shape index (κ2) is 2.78. The summed E-state index contributed by atoms with van der Waals surface area (Å²) < 4.78 is 19.9. The summed E-state index contributed by atoms with van der Waals surface area (Å²) in [6.45, 7) is 0.297. The van der Waals surface area contributed by atoms with Crippen LogP contribution in [0.5, 0.6) is 0 Å². The number of rotatable bonds is 3. The molecule has 0 aromatic heterocycles. The molecule has 1 atom stereocenters. The van der Waals surface area contributed by atoms with Gasteiger partial charge in [-0.3, -0.25) is 4.79 Å². The first-order chi connectivity index (χ1) is 4.75. The number of aliphatic hydroxyl groups is 1. The summed E-state index contributed by atoms with van der Waals surface area (Å²) in [7, 11) is -3.64. The fraction of sp³-hybridized carbons (Fsp3) is 0.800. The molecule has 1 amide bonds. The Morgan fingerprint density at radius 3 is 2.00 bits per heavy atom. The first-order valence-electron chi connectivity index (χ1n) is 2.86. The van der Waals surface area contributed by atoms with Crippen molar-refractivity contribution in [2.45, 2.75) is 11.7 Å². The molecule has 0 saturated heterocycles. The number of nitrogens with two attached hydrogens (primary N) is 1. The van der Waals surface area contributed by atoms with Gasteiger partial charge in [0.25, 0.3) is 0 Å². The van der Waals surface area contributed by atoms with E-state index in [1.165, 1.54) is 0 Å². The van der Waals surface area contributed by atoms with E-state index in [0.717, 1.165) is 13.2 Å². The molecule has 66 valence electrons. The smallest absolute Gasteiger partial charge is 0.240 e. The SMILES string of the molecule is CC(CO)(C(N)=O)S(C)(=O)=O. The van der Waals surface area contributed by atoms with Crippen molar-refractivity contribution in [3.8, 4) is 0 Å². The van der Waals surface area contributed by atoms with Crippen LogP contribution in [0.2, 0.25) is 0 Å². The van der Waals surface area contributed by atoms with E-state index >= 15 is 0 Å². The van der Waals surface area contributed by atoms with Gasteiger partial charge in [-0.2, -0.15) is 0 Å². The fourth-order valence-electron chi connectivity index (χ4n) is 0.378. The zero-order valence-corrected chi connectivity index (χ0v) is 7.18. The van der Waals surface area contributed by atoms with Crippen LogP contribution >= 0.6 is 0 Å². The van der Waals surface area contributed by atoms with Crippen molar-refractivity contribution in [1.82, 2.24) is 0 Å². The number of carbonyl (C=O) groups is 1. The van der Waals surface area contributed by atoms with Crippen LogP contribution in [0.1, 0.15) is 6.92 Å². The maximum absolute atomic E-state index is 10.9. The Hall–Kier alpha value is -0.620. The van der Waals surface area contributed by atoms with Gasteiger partial charge in [0.1, 0.15) is 0 Å². The number of hydrogen-bond acceptors (Lipinski definition) is 4. The van der Waals surface area contributed by atoms with Crippen LogP contribution in [-0.2, 0) is 14.6 Å². The van der Waals surface area contributed by atoms with Gasteiger partial charge < -0.3 is 10.8 Å². The third kappa shape index (κ3) is 1.69. The average molecular weight is 181 g/mol. The Kier molecular flexibility index (Phi) is 2.63. The van der Waals surface area contributed by atoms with Gasteiger partial charge in [0.15, 0.2) is 14.6 Å². The summed E-state index contributed by atoms with van der Waals surface area (Å²) in [5.74, 6) is -1.04. The van der Waals surface area contributed by atoms with Crippen LogP contribution in [0.4, 0.5) is 0 Å². The highest BCUT2D eigenvalue weighted by molar-refractivity contribution is 7.92. The number of aliphatic hydroxyl groups excluding tert-OH is 1. The second-order valence-corrected chi connectivity index (χ2v) is 4.97. The molecule has 0 rings (SSSR count). The van der Waals surface area contributed by atoms with E-state index in [9.17, 15) is 13.2 Å². The summed E-state index contributed by atoms with van der Waals surface area (Å²) in [4.78, 5) is 10.6. The van der Waals surface area contributed by atoms with Gasteiger partial charge in [0.2, 0.25) is 5.91 Å². The number of carbonyl (C=O) groups excluding carboxylic acids is 1. The molecule has 5 nitrogen and oxygen atoms in total. The van der Waals surface area contributed by atoms with Gasteiger partial charge in [-0.05, 0) is 6.92 Å². The van der Waals surface area contributed by atoms with Crippen molar-refractivity contribution >= 4 is 15.7 Å². The molecule has 3 N–H and O–H groups in total. The third-order valence-corrected chi connectivity index (χ3v) is 3.61. The summed E-state index contributed by atoms with van der Waals surface area (Å²) in [5, 5.41) is 8.61. The molecule has 0 aliphatic carbocycles. The minimum atomic E-state index is -3.64. The van der Waals surface area contributed by atoms with E-state index in [0.29, 0.717) is 0 Å². The number of hydrogen-bond donors (Lipinski definition) is 2. The molecule has 0 saturated carbocycles. The number of sulfone groups is 1. The lowest BCUT2D eigenvalue weighted by Crippen LogP contribution is -2.50. The summed E-state index contributed by atoms with van der Waals surface area (Å²) in [5.41, 5.74) is 4.79. The van der Waals surface area contributed by atoms with E-state index in [2.05, 4.69) is 0 Å². The lowest BCUT2D eigenvalue weighted by Gasteiger charge is -2.20. The largest absolute Gasteiger partial charge is 0.394 e. The number of primary amides is 1. The van der Waals surface area contributed by atoms with Gasteiger partial charge in [-0.15, -0.1) is 0 Å². The first-order valence-corrected chi connectivity index (χ1v) is 4.75. The first kappa shape index (κ1) is 10.4. The summed E-state index contributed by atoms with van der Waals surface area (Å²) in [6.07, 6.45) is 0.855. The average Bonchev–Trinajstić information content (AvgIpc) is 1.83. The quantitative estimate of drug-likeness (QED) is 0.540. The van der Waals surface area contributed by atoms with E-state index < -0.39 is 27.1 Å². The highest BCUT2D eigenvalue weighted by atomic mass is 32.2. The van der Waals surface area contributed by atoms with Gasteiger partial charge in [0, 0.05) is 6.26 Å². The molecule has 0 aromatic carbocycles. The molecule has 0 heterocycles. The minimum Gasteiger partial charge on any atom is -0.394 e. The Bertz CT molecular complexity index is 258. The molecule has 0 spiro atoms. The zero-order valence-electron chi connectivity index (χ0n) is 6.36. The maximum atomic E-state index is 10.9. The summed E-state index contributed by atoms with van der Waals surface area (Å²) >= 11 is 0. The Labute approximate surface area is 65.1 Å². The van der Waals surface area contributed by atoms with Gasteiger partial charge in [0.05, 0.1) is 6.61 Å². The molecule has 0 aliphatic rings. The topological polar surface area (TPSA) is 97.5 Å². The molecule has 6 heteroatoms. The molecular formula is C5H11NO4S. The number of amides is 1. The summed E-state index contributed by atoms with van der Waals surface area (Å²) in [6, 6.07) is 0. The van der Waals surface area contributed by atoms with Crippen molar-refractivity contribution < 1.29 is 18.3 Å². The molecule has 11 heavy (non-hydrogen) atoms. The third-order valence-electron chi connectivity index (χ3n) is 1.64. The zero-order chi connectivity index (χ0) is 9.28. The van der Waals surface area contributed by atoms with Crippen LogP contribution in [0.3, 0.4) is 0 Å². The highest BCUT2D eigenvalue weighted by Crippen LogP contribution is 2.13. The molecular weight excluding hydrogens is 170 g/mol. The van der Waals surface area contributed by atoms with Crippen LogP contribution in [0.15, 0.2) is 0 Å². The molecule has 0 fully saturated rings. The van der Waals surface area contributed by atoms with Gasteiger partial charge in [-0.1, -0.05) is 0 Å². The van der Waals surface area contributed by atoms with Crippen molar-refractivity contribution in [3.05, 3.63) is 0 Å². The maximum Gasteiger partial charge on any atom is 0.240 e. The predicted octanol–water partition coefficient (Wildman–Crippen LogP) is -1.73. The second-order valence-electron chi connectivity index (χ2n) is 2.53. The van der Waals surface area contributed by atoms with E-state index in [1.807, 2.05) is 0 Å². The predicted molar refractivity (Wildman–Crippen MR) is 39.5 cm³/mol. The minimum absolute atomic E-state index is 0.791. The lowest BCUT2D eigenvalue weighted by molar-refractivity contribution is -0.121. The normalized spacial score (nSPS) is 17.4. The van der Waals surface area contributed by atoms with Crippen molar-refractivity contribution in [2.24, 2.45) is 5.73 Å². The van der Waals surface area contributed by atoms with E-state index in [4.69, 9.17) is 10.8 Å². The Morgan fingerprint density at radius 2 is 2.00 bits per heavy atom. The van der Waals surface area contributed by atoms with Crippen LogP contribution in [0, 0.1) is 0 Å². The van der Waals surface area contributed by atoms with Crippen LogP contribution in [0.25, 0.3) is 0 Å². The van der Waals surface area contributed by atoms with Crippen LogP contribution in [-0.4, -0.2) is 37.0 Å². The molecule has 1 unspecified atom stereocenters. The Morgan fingerprint density at radius 1 is 1.64 bits per heavy atom. The van der Waals surface area contributed by atoms with E-state index in [-0.39, 0.29) is 0 Å². The van der Waals surface area contributed by atoms with Crippen molar-refractivity contribution in [2.75, 3.05) is 12.9 Å². The van der Waals surface area contributed by atoms with Crippen molar-refractivity contribution in [1.29, 1.82) is 0 Å². The lowest BCUT2D eigenvalue weighted by atomic mass is 10.2. The van der Waals surface area contributed by atoms with Crippen molar-refractivity contribution in [3.63, 3.8) is 0 Å². The standard InChI is InChI=1S/C5H11NO4S/c1-5(3-7,4(6)8)11(2,9)10/h7H,3H2,1-2H3,(H2,6,8). The molecule has 0 aromatic rings. The van der Waals surface area contributed by atoms with Crippen LogP contribution < -0.4 is 5.73 Å². The monoisotopic (exact) mass is 181 g/mol. The fourth-order valence-corrected chi connectivity index (χ4v) is 0.978. The molecule has 0 radical (unpaired) electrons. The van der Waals surface area contributed by atoms with Gasteiger partial charge >= 0.3 is 0 Å². The molecule has 0 aliphatic heterocycles. The van der Waals surface area contributed by atoms with Gasteiger partial charge in [-0.25, -0.2) is 8.42 Å². The van der Waals surface area contributed by atoms with E-state index in [1.54, 1.807) is 0 Å². The molecule has 0 bridgehead atoms. The Balaban J connectivity index is 5.09. The highest BCUT2D eigenvalue weighted by Gasteiger charge is 2.41.